The van der Waals surface area contributed by atoms with E-state index in [4.69, 9.17) is 4.74 Å². The molecule has 4 heteroatoms. The predicted molar refractivity (Wildman–Crippen MR) is 68.9 cm³/mol. The van der Waals surface area contributed by atoms with Crippen LogP contribution in [0.15, 0.2) is 0 Å². The van der Waals surface area contributed by atoms with E-state index in [1.807, 2.05) is 13.8 Å². The molecule has 0 aromatic rings. The van der Waals surface area contributed by atoms with Crippen molar-refractivity contribution in [3.8, 4) is 0 Å². The van der Waals surface area contributed by atoms with Gasteiger partial charge in [-0.3, -0.25) is 4.79 Å². The Labute approximate surface area is 105 Å². The van der Waals surface area contributed by atoms with Crippen LogP contribution in [0.5, 0.6) is 0 Å². The molecule has 0 aromatic carbocycles. The third-order valence-corrected chi connectivity index (χ3v) is 3.12. The van der Waals surface area contributed by atoms with Crippen LogP contribution in [-0.4, -0.2) is 49.7 Å². The van der Waals surface area contributed by atoms with Crippen molar-refractivity contribution in [2.75, 3.05) is 26.7 Å². The molecule has 1 aliphatic rings. The van der Waals surface area contributed by atoms with Crippen LogP contribution in [0.1, 0.15) is 33.6 Å². The second kappa shape index (κ2) is 6.97. The molecule has 0 bridgehead atoms. The summed E-state index contributed by atoms with van der Waals surface area (Å²) in [5, 5.41) is 3.27. The number of esters is 1. The second-order valence-electron chi connectivity index (χ2n) is 5.19. The van der Waals surface area contributed by atoms with E-state index >= 15 is 0 Å². The molecule has 0 radical (unpaired) electrons. The van der Waals surface area contributed by atoms with Crippen molar-refractivity contribution in [2.24, 2.45) is 5.92 Å². The molecular formula is C13H26N2O2. The number of hydrogen-bond acceptors (Lipinski definition) is 4. The number of carbonyl (C=O) groups is 1. The van der Waals surface area contributed by atoms with Crippen LogP contribution in [-0.2, 0) is 9.53 Å². The van der Waals surface area contributed by atoms with Gasteiger partial charge in [-0.05, 0) is 25.3 Å². The fourth-order valence-corrected chi connectivity index (χ4v) is 2.00. The van der Waals surface area contributed by atoms with Gasteiger partial charge >= 0.3 is 5.97 Å². The molecule has 0 amide bonds. The van der Waals surface area contributed by atoms with Gasteiger partial charge in [0.25, 0.3) is 0 Å². The Bertz CT molecular complexity index is 240. The number of nitrogens with zero attached hydrogens (tertiary/aromatic N) is 1. The van der Waals surface area contributed by atoms with Gasteiger partial charge in [0.1, 0.15) is 6.04 Å². The summed E-state index contributed by atoms with van der Waals surface area (Å²) in [4.78, 5) is 14.0. The van der Waals surface area contributed by atoms with Crippen LogP contribution >= 0.6 is 0 Å². The van der Waals surface area contributed by atoms with Crippen molar-refractivity contribution in [1.29, 1.82) is 0 Å². The van der Waals surface area contributed by atoms with E-state index in [1.54, 1.807) is 0 Å². The third kappa shape index (κ3) is 5.50. The highest BCUT2D eigenvalue weighted by atomic mass is 16.5. The molecule has 1 rings (SSSR count). The second-order valence-corrected chi connectivity index (χ2v) is 5.19. The van der Waals surface area contributed by atoms with Crippen LogP contribution < -0.4 is 5.32 Å². The van der Waals surface area contributed by atoms with E-state index in [9.17, 15) is 4.79 Å². The van der Waals surface area contributed by atoms with Gasteiger partial charge in [-0.1, -0.05) is 20.8 Å². The summed E-state index contributed by atoms with van der Waals surface area (Å²) in [7, 11) is 1.45. The summed E-state index contributed by atoms with van der Waals surface area (Å²) in [6.45, 7) is 9.09. The summed E-state index contributed by atoms with van der Waals surface area (Å²) >= 11 is 0. The maximum Gasteiger partial charge on any atom is 0.324 e. The Balaban J connectivity index is 2.45. The van der Waals surface area contributed by atoms with Gasteiger partial charge in [-0.25, -0.2) is 0 Å². The number of rotatable bonds is 8. The highest BCUT2D eigenvalue weighted by Gasteiger charge is 2.27. The fraction of sp³-hybridized carbons (Fsp3) is 0.923. The van der Waals surface area contributed by atoms with Crippen LogP contribution in [0, 0.1) is 5.92 Å². The summed E-state index contributed by atoms with van der Waals surface area (Å²) < 4.78 is 4.85. The molecule has 100 valence electrons. The average molecular weight is 242 g/mol. The highest BCUT2D eigenvalue weighted by Crippen LogP contribution is 2.29. The minimum atomic E-state index is -0.210. The fourth-order valence-electron chi connectivity index (χ4n) is 2.00. The normalized spacial score (nSPS) is 17.5. The Morgan fingerprint density at radius 3 is 2.53 bits per heavy atom. The molecular weight excluding hydrogens is 216 g/mol. The first-order valence-corrected chi connectivity index (χ1v) is 6.63. The molecule has 0 aromatic heterocycles. The van der Waals surface area contributed by atoms with Crippen molar-refractivity contribution < 1.29 is 9.53 Å². The lowest BCUT2D eigenvalue weighted by atomic mass is 10.2. The van der Waals surface area contributed by atoms with Gasteiger partial charge in [-0.2, -0.15) is 0 Å². The lowest BCUT2D eigenvalue weighted by molar-refractivity contribution is -0.143. The molecule has 1 aliphatic carbocycles. The molecule has 1 unspecified atom stereocenters. The largest absolute Gasteiger partial charge is 0.468 e. The zero-order valence-corrected chi connectivity index (χ0v) is 11.5. The average Bonchev–Trinajstić information content (AvgIpc) is 3.09. The van der Waals surface area contributed by atoms with Crippen LogP contribution in [0.2, 0.25) is 0 Å². The number of likely N-dealkylation sites (N-methyl/N-ethyl adjacent to an activating group) is 1. The number of hydrogen-bond donors (Lipinski definition) is 1. The topological polar surface area (TPSA) is 41.6 Å². The first kappa shape index (κ1) is 14.5. The number of carbonyl (C=O) groups excluding carboxylic acids is 1. The van der Waals surface area contributed by atoms with Crippen LogP contribution in [0.25, 0.3) is 0 Å². The minimum absolute atomic E-state index is 0.159. The molecule has 1 saturated carbocycles. The molecule has 4 nitrogen and oxygen atoms in total. The molecule has 17 heavy (non-hydrogen) atoms. The SMILES string of the molecule is CCN(CC1CC1)CC(NC(C)C)C(=O)OC. The van der Waals surface area contributed by atoms with Gasteiger partial charge in [0.2, 0.25) is 0 Å². The predicted octanol–water partition coefficient (Wildman–Crippen LogP) is 1.26. The van der Waals surface area contributed by atoms with Gasteiger partial charge in [0, 0.05) is 19.1 Å². The molecule has 0 heterocycles. The smallest absolute Gasteiger partial charge is 0.324 e. The van der Waals surface area contributed by atoms with E-state index in [0.717, 1.165) is 25.6 Å². The summed E-state index contributed by atoms with van der Waals surface area (Å²) in [5.74, 6) is 0.695. The molecule has 1 fully saturated rings. The molecule has 0 aliphatic heterocycles. The molecule has 0 spiro atoms. The van der Waals surface area contributed by atoms with Gasteiger partial charge in [0.05, 0.1) is 7.11 Å². The third-order valence-electron chi connectivity index (χ3n) is 3.12. The van der Waals surface area contributed by atoms with Crippen molar-refractivity contribution in [3.63, 3.8) is 0 Å². The standard InChI is InChI=1S/C13H26N2O2/c1-5-15(8-11-6-7-11)9-12(13(16)17-4)14-10(2)3/h10-12,14H,5-9H2,1-4H3. The Morgan fingerprint density at radius 1 is 1.47 bits per heavy atom. The Hall–Kier alpha value is -0.610. The van der Waals surface area contributed by atoms with E-state index in [-0.39, 0.29) is 12.0 Å². The summed E-state index contributed by atoms with van der Waals surface area (Å²) in [6.07, 6.45) is 2.69. The van der Waals surface area contributed by atoms with Gasteiger partial charge < -0.3 is 15.0 Å². The van der Waals surface area contributed by atoms with Crippen molar-refractivity contribution in [3.05, 3.63) is 0 Å². The van der Waals surface area contributed by atoms with Gasteiger partial charge in [-0.15, -0.1) is 0 Å². The lowest BCUT2D eigenvalue weighted by Gasteiger charge is -2.26. The van der Waals surface area contributed by atoms with E-state index in [2.05, 4.69) is 17.1 Å². The Kier molecular flexibility index (Phi) is 5.92. The van der Waals surface area contributed by atoms with E-state index < -0.39 is 0 Å². The van der Waals surface area contributed by atoms with Crippen molar-refractivity contribution in [2.45, 2.75) is 45.7 Å². The number of nitrogens with one attached hydrogen (secondary N) is 1. The molecule has 0 saturated heterocycles. The Morgan fingerprint density at radius 2 is 2.12 bits per heavy atom. The lowest BCUT2D eigenvalue weighted by Crippen LogP contribution is -2.49. The van der Waals surface area contributed by atoms with Crippen molar-refractivity contribution in [1.82, 2.24) is 10.2 Å². The van der Waals surface area contributed by atoms with E-state index in [1.165, 1.54) is 20.0 Å². The minimum Gasteiger partial charge on any atom is -0.468 e. The maximum absolute atomic E-state index is 11.7. The zero-order valence-electron chi connectivity index (χ0n) is 11.5. The highest BCUT2D eigenvalue weighted by molar-refractivity contribution is 5.75. The first-order chi connectivity index (χ1) is 8.06. The monoisotopic (exact) mass is 242 g/mol. The molecule has 1 N–H and O–H groups in total. The van der Waals surface area contributed by atoms with Crippen LogP contribution in [0.3, 0.4) is 0 Å². The number of methoxy groups -OCH3 is 1. The molecule has 1 atom stereocenters. The maximum atomic E-state index is 11.7. The van der Waals surface area contributed by atoms with Crippen molar-refractivity contribution >= 4 is 5.97 Å². The first-order valence-electron chi connectivity index (χ1n) is 6.63. The van der Waals surface area contributed by atoms with Crippen LogP contribution in [0.4, 0.5) is 0 Å². The zero-order chi connectivity index (χ0) is 12.8. The van der Waals surface area contributed by atoms with Gasteiger partial charge in [0.15, 0.2) is 0 Å². The summed E-state index contributed by atoms with van der Waals surface area (Å²) in [6, 6.07) is 0.0810. The number of ether oxygens (including phenoxy) is 1. The summed E-state index contributed by atoms with van der Waals surface area (Å²) in [5.41, 5.74) is 0. The quantitative estimate of drug-likeness (QED) is 0.651. The van der Waals surface area contributed by atoms with E-state index in [0.29, 0.717) is 6.04 Å².